The van der Waals surface area contributed by atoms with Crippen LogP contribution < -0.4 is 21.1 Å². The molecule has 1 aromatic heterocycles. The number of carbonyl (C=O) groups is 1. The summed E-state index contributed by atoms with van der Waals surface area (Å²) in [5.74, 6) is 0. The van der Waals surface area contributed by atoms with Gasteiger partial charge in [0, 0.05) is 38.8 Å². The van der Waals surface area contributed by atoms with Gasteiger partial charge < -0.3 is 20.3 Å². The lowest BCUT2D eigenvalue weighted by atomic mass is 10.2. The van der Waals surface area contributed by atoms with E-state index in [-0.39, 0.29) is 23.7 Å². The molecule has 1 fully saturated rings. The molecule has 1 aromatic rings. The van der Waals surface area contributed by atoms with Crippen molar-refractivity contribution in [2.45, 2.75) is 32.4 Å². The maximum absolute atomic E-state index is 11.7. The largest absolute Gasteiger partial charge is 0.374 e. The number of nitrogens with zero attached hydrogens (tertiary/aromatic N) is 3. The molecule has 0 spiro atoms. The van der Waals surface area contributed by atoms with Gasteiger partial charge in [0.2, 0.25) is 0 Å². The standard InChI is InChI=1S/C15H25N5O3/c1-11(2)18-15(22)16-5-4-13-10-20(6-7-23-13)12-8-14(21)19(3)17-9-12/h8-9,11,13H,4-7,10H2,1-3H3,(H2,16,18,22). The Morgan fingerprint density at radius 2 is 2.30 bits per heavy atom. The Kier molecular flexibility index (Phi) is 5.97. The van der Waals surface area contributed by atoms with Crippen LogP contribution in [0.15, 0.2) is 17.1 Å². The fraction of sp³-hybridized carbons (Fsp3) is 0.667. The van der Waals surface area contributed by atoms with Crippen LogP contribution in [0.1, 0.15) is 20.3 Å². The average molecular weight is 323 g/mol. The van der Waals surface area contributed by atoms with E-state index >= 15 is 0 Å². The molecule has 2 N–H and O–H groups in total. The van der Waals surface area contributed by atoms with Crippen LogP contribution in [0.3, 0.4) is 0 Å². The number of urea groups is 1. The van der Waals surface area contributed by atoms with Gasteiger partial charge in [-0.05, 0) is 20.3 Å². The maximum Gasteiger partial charge on any atom is 0.314 e. The molecular weight excluding hydrogens is 298 g/mol. The number of amides is 2. The molecular formula is C15H25N5O3. The number of aryl methyl sites for hydroxylation is 1. The fourth-order valence-corrected chi connectivity index (χ4v) is 2.42. The van der Waals surface area contributed by atoms with E-state index in [0.29, 0.717) is 19.7 Å². The van der Waals surface area contributed by atoms with E-state index in [1.165, 1.54) is 4.68 Å². The summed E-state index contributed by atoms with van der Waals surface area (Å²) in [6.45, 7) is 6.39. The third kappa shape index (κ3) is 5.24. The number of hydrogen-bond acceptors (Lipinski definition) is 5. The van der Waals surface area contributed by atoms with Crippen LogP contribution >= 0.6 is 0 Å². The van der Waals surface area contributed by atoms with Crippen LogP contribution in [0.5, 0.6) is 0 Å². The Balaban J connectivity index is 1.82. The van der Waals surface area contributed by atoms with Crippen LogP contribution in [-0.4, -0.2) is 54.2 Å². The third-order valence-electron chi connectivity index (χ3n) is 3.63. The van der Waals surface area contributed by atoms with Gasteiger partial charge in [0.15, 0.2) is 0 Å². The fourth-order valence-electron chi connectivity index (χ4n) is 2.42. The van der Waals surface area contributed by atoms with Gasteiger partial charge in [-0.2, -0.15) is 5.10 Å². The molecule has 0 bridgehead atoms. The summed E-state index contributed by atoms with van der Waals surface area (Å²) in [4.78, 5) is 25.3. The number of carbonyl (C=O) groups excluding carboxylic acids is 1. The van der Waals surface area contributed by atoms with E-state index in [1.54, 1.807) is 19.3 Å². The Bertz CT molecular complexity index is 587. The van der Waals surface area contributed by atoms with Gasteiger partial charge in [-0.1, -0.05) is 0 Å². The number of aromatic nitrogens is 2. The molecule has 1 aliphatic rings. The number of rotatable bonds is 5. The molecule has 1 unspecified atom stereocenters. The molecule has 0 saturated carbocycles. The molecule has 1 aliphatic heterocycles. The highest BCUT2D eigenvalue weighted by Crippen LogP contribution is 2.16. The maximum atomic E-state index is 11.7. The zero-order chi connectivity index (χ0) is 16.8. The SMILES string of the molecule is CC(C)NC(=O)NCCC1CN(c2cnn(C)c(=O)c2)CCO1. The van der Waals surface area contributed by atoms with Gasteiger partial charge in [0.05, 0.1) is 24.6 Å². The molecule has 23 heavy (non-hydrogen) atoms. The van der Waals surface area contributed by atoms with E-state index in [2.05, 4.69) is 20.6 Å². The topological polar surface area (TPSA) is 88.5 Å². The minimum atomic E-state index is -0.163. The van der Waals surface area contributed by atoms with Gasteiger partial charge in [0.1, 0.15) is 0 Å². The molecule has 8 nitrogen and oxygen atoms in total. The van der Waals surface area contributed by atoms with Crippen molar-refractivity contribution in [2.24, 2.45) is 7.05 Å². The molecule has 2 rings (SSSR count). The van der Waals surface area contributed by atoms with Gasteiger partial charge in [-0.25, -0.2) is 9.48 Å². The minimum absolute atomic E-state index is 0.0205. The second kappa shape index (κ2) is 7.96. The van der Waals surface area contributed by atoms with Crippen molar-refractivity contribution in [3.8, 4) is 0 Å². The predicted octanol–water partition coefficient (Wildman–Crippen LogP) is 0.0832. The van der Waals surface area contributed by atoms with Gasteiger partial charge in [0.25, 0.3) is 5.56 Å². The molecule has 0 radical (unpaired) electrons. The normalized spacial score (nSPS) is 18.1. The second-order valence-electron chi connectivity index (χ2n) is 5.96. The highest BCUT2D eigenvalue weighted by Gasteiger charge is 2.21. The Morgan fingerprint density at radius 3 is 3.00 bits per heavy atom. The average Bonchev–Trinajstić information content (AvgIpc) is 2.49. The lowest BCUT2D eigenvalue weighted by molar-refractivity contribution is 0.0358. The summed E-state index contributed by atoms with van der Waals surface area (Å²) in [6.07, 6.45) is 2.44. The van der Waals surface area contributed by atoms with Gasteiger partial charge in [-0.15, -0.1) is 0 Å². The van der Waals surface area contributed by atoms with Crippen molar-refractivity contribution in [3.63, 3.8) is 0 Å². The predicted molar refractivity (Wildman–Crippen MR) is 87.7 cm³/mol. The van der Waals surface area contributed by atoms with Crippen LogP contribution in [0.4, 0.5) is 10.5 Å². The Hall–Kier alpha value is -2.09. The van der Waals surface area contributed by atoms with E-state index < -0.39 is 0 Å². The quantitative estimate of drug-likeness (QED) is 0.801. The molecule has 1 atom stereocenters. The number of morpholine rings is 1. The van der Waals surface area contributed by atoms with E-state index in [4.69, 9.17) is 4.74 Å². The van der Waals surface area contributed by atoms with E-state index in [1.807, 2.05) is 13.8 Å². The second-order valence-corrected chi connectivity index (χ2v) is 5.96. The van der Waals surface area contributed by atoms with Crippen LogP contribution in [0.2, 0.25) is 0 Å². The lowest BCUT2D eigenvalue weighted by Crippen LogP contribution is -2.45. The van der Waals surface area contributed by atoms with Crippen LogP contribution in [-0.2, 0) is 11.8 Å². The molecule has 128 valence electrons. The number of anilines is 1. The first kappa shape index (κ1) is 17.3. The summed E-state index contributed by atoms with van der Waals surface area (Å²) in [6, 6.07) is 1.54. The highest BCUT2D eigenvalue weighted by atomic mass is 16.5. The smallest absolute Gasteiger partial charge is 0.314 e. The van der Waals surface area contributed by atoms with Crippen molar-refractivity contribution >= 4 is 11.7 Å². The Morgan fingerprint density at radius 1 is 1.52 bits per heavy atom. The summed E-state index contributed by atoms with van der Waals surface area (Å²) in [5.41, 5.74) is 0.685. The number of hydrogen-bond donors (Lipinski definition) is 2. The monoisotopic (exact) mass is 323 g/mol. The summed E-state index contributed by atoms with van der Waals surface area (Å²) < 4.78 is 7.03. The molecule has 0 aromatic carbocycles. The lowest BCUT2D eigenvalue weighted by Gasteiger charge is -2.34. The molecule has 0 aliphatic carbocycles. The molecule has 1 saturated heterocycles. The number of ether oxygens (including phenoxy) is 1. The Labute approximate surface area is 135 Å². The summed E-state index contributed by atoms with van der Waals surface area (Å²) >= 11 is 0. The van der Waals surface area contributed by atoms with Crippen LogP contribution in [0.25, 0.3) is 0 Å². The summed E-state index contributed by atoms with van der Waals surface area (Å²) in [7, 11) is 1.63. The first-order valence-electron chi connectivity index (χ1n) is 7.90. The first-order valence-corrected chi connectivity index (χ1v) is 7.90. The van der Waals surface area contributed by atoms with Gasteiger partial charge >= 0.3 is 6.03 Å². The molecule has 8 heteroatoms. The first-order chi connectivity index (χ1) is 11.0. The van der Waals surface area contributed by atoms with Crippen molar-refractivity contribution in [2.75, 3.05) is 31.1 Å². The zero-order valence-corrected chi connectivity index (χ0v) is 13.9. The zero-order valence-electron chi connectivity index (χ0n) is 13.9. The van der Waals surface area contributed by atoms with Crippen molar-refractivity contribution < 1.29 is 9.53 Å². The third-order valence-corrected chi connectivity index (χ3v) is 3.63. The summed E-state index contributed by atoms with van der Waals surface area (Å²) in [5, 5.41) is 9.65. The number of nitrogens with one attached hydrogen (secondary N) is 2. The van der Waals surface area contributed by atoms with E-state index in [9.17, 15) is 9.59 Å². The minimum Gasteiger partial charge on any atom is -0.374 e. The van der Waals surface area contributed by atoms with Crippen molar-refractivity contribution in [1.29, 1.82) is 0 Å². The van der Waals surface area contributed by atoms with Crippen LogP contribution in [0, 0.1) is 0 Å². The van der Waals surface area contributed by atoms with E-state index in [0.717, 1.165) is 18.7 Å². The molecule has 2 amide bonds. The highest BCUT2D eigenvalue weighted by molar-refractivity contribution is 5.74. The van der Waals surface area contributed by atoms with Crippen molar-refractivity contribution in [3.05, 3.63) is 22.6 Å². The molecule has 2 heterocycles. The van der Waals surface area contributed by atoms with Crippen molar-refractivity contribution in [1.82, 2.24) is 20.4 Å². The van der Waals surface area contributed by atoms with Gasteiger partial charge in [-0.3, -0.25) is 4.79 Å².